The van der Waals surface area contributed by atoms with Crippen LogP contribution < -0.4 is 10.2 Å². The minimum absolute atomic E-state index is 0.685. The quantitative estimate of drug-likeness (QED) is 0.852. The lowest BCUT2D eigenvalue weighted by Crippen LogP contribution is -2.10. The standard InChI is InChI=1S/C10H15N5S/c1-7-4-5-8(16-7)6-11-9-12-10(14-13-9)15(2)3/h4-5H,6H2,1-3H3,(H2,11,12,13,14). The number of aromatic nitrogens is 3. The van der Waals surface area contributed by atoms with E-state index in [4.69, 9.17) is 0 Å². The number of thiophene rings is 1. The highest BCUT2D eigenvalue weighted by molar-refractivity contribution is 7.11. The first-order valence-corrected chi connectivity index (χ1v) is 5.85. The molecule has 2 aromatic rings. The number of hydrogen-bond acceptors (Lipinski definition) is 5. The highest BCUT2D eigenvalue weighted by Gasteiger charge is 2.04. The van der Waals surface area contributed by atoms with Crippen molar-refractivity contribution in [1.82, 2.24) is 15.2 Å². The maximum Gasteiger partial charge on any atom is 0.245 e. The van der Waals surface area contributed by atoms with E-state index >= 15 is 0 Å². The fourth-order valence-corrected chi connectivity index (χ4v) is 2.11. The van der Waals surface area contributed by atoms with Gasteiger partial charge in [0.05, 0.1) is 6.54 Å². The SMILES string of the molecule is Cc1ccc(CNc2nc(N(C)C)n[nH]2)s1. The van der Waals surface area contributed by atoms with E-state index in [1.807, 2.05) is 19.0 Å². The maximum absolute atomic E-state index is 4.28. The average molecular weight is 237 g/mol. The van der Waals surface area contributed by atoms with Crippen LogP contribution in [0.5, 0.6) is 0 Å². The molecule has 2 heterocycles. The highest BCUT2D eigenvalue weighted by Crippen LogP contribution is 2.16. The fraction of sp³-hybridized carbons (Fsp3) is 0.400. The minimum Gasteiger partial charge on any atom is -0.350 e. The minimum atomic E-state index is 0.685. The lowest BCUT2D eigenvalue weighted by atomic mass is 10.4. The Morgan fingerprint density at radius 2 is 2.25 bits per heavy atom. The summed E-state index contributed by atoms with van der Waals surface area (Å²) < 4.78 is 0. The number of hydrogen-bond donors (Lipinski definition) is 2. The Labute approximate surface area is 98.5 Å². The van der Waals surface area contributed by atoms with Gasteiger partial charge in [-0.3, -0.25) is 0 Å². The van der Waals surface area contributed by atoms with Crippen LogP contribution in [-0.2, 0) is 6.54 Å². The summed E-state index contributed by atoms with van der Waals surface area (Å²) in [4.78, 5) is 8.76. The zero-order chi connectivity index (χ0) is 11.5. The molecule has 86 valence electrons. The molecule has 0 radical (unpaired) electrons. The first-order chi connectivity index (χ1) is 7.65. The van der Waals surface area contributed by atoms with Gasteiger partial charge in [-0.05, 0) is 19.1 Å². The van der Waals surface area contributed by atoms with Gasteiger partial charge < -0.3 is 10.2 Å². The Hall–Kier alpha value is -1.56. The molecule has 5 nitrogen and oxygen atoms in total. The van der Waals surface area contributed by atoms with Gasteiger partial charge in [0.2, 0.25) is 11.9 Å². The summed E-state index contributed by atoms with van der Waals surface area (Å²) in [5, 5.41) is 10.1. The van der Waals surface area contributed by atoms with Crippen molar-refractivity contribution < 1.29 is 0 Å². The number of H-pyrrole nitrogens is 1. The van der Waals surface area contributed by atoms with Crippen LogP contribution in [0, 0.1) is 6.92 Å². The van der Waals surface area contributed by atoms with Gasteiger partial charge in [-0.25, -0.2) is 5.10 Å². The first-order valence-electron chi connectivity index (χ1n) is 5.04. The van der Waals surface area contributed by atoms with Gasteiger partial charge >= 0.3 is 0 Å². The van der Waals surface area contributed by atoms with E-state index in [2.05, 4.69) is 39.6 Å². The zero-order valence-electron chi connectivity index (χ0n) is 9.61. The normalized spacial score (nSPS) is 10.4. The Balaban J connectivity index is 1.94. The summed E-state index contributed by atoms with van der Waals surface area (Å²) in [6.07, 6.45) is 0. The summed E-state index contributed by atoms with van der Waals surface area (Å²) in [5.41, 5.74) is 0. The molecule has 0 aromatic carbocycles. The molecule has 0 aliphatic heterocycles. The second-order valence-electron chi connectivity index (χ2n) is 3.74. The number of nitrogens with one attached hydrogen (secondary N) is 2. The van der Waals surface area contributed by atoms with Crippen LogP contribution in [0.4, 0.5) is 11.9 Å². The topological polar surface area (TPSA) is 56.8 Å². The maximum atomic E-state index is 4.28. The van der Waals surface area contributed by atoms with Crippen molar-refractivity contribution in [1.29, 1.82) is 0 Å². The van der Waals surface area contributed by atoms with Gasteiger partial charge in [0.1, 0.15) is 0 Å². The number of anilines is 2. The molecule has 0 fully saturated rings. The van der Waals surface area contributed by atoms with Crippen LogP contribution in [-0.4, -0.2) is 29.3 Å². The van der Waals surface area contributed by atoms with E-state index < -0.39 is 0 Å². The molecule has 6 heteroatoms. The van der Waals surface area contributed by atoms with Gasteiger partial charge in [-0.2, -0.15) is 4.98 Å². The van der Waals surface area contributed by atoms with Gasteiger partial charge in [0.25, 0.3) is 0 Å². The Morgan fingerprint density at radius 1 is 1.44 bits per heavy atom. The second-order valence-corrected chi connectivity index (χ2v) is 5.12. The third kappa shape index (κ3) is 2.52. The van der Waals surface area contributed by atoms with E-state index in [1.165, 1.54) is 9.75 Å². The third-order valence-corrected chi connectivity index (χ3v) is 3.10. The smallest absolute Gasteiger partial charge is 0.245 e. The molecule has 0 spiro atoms. The molecule has 0 atom stereocenters. The number of rotatable bonds is 4. The summed E-state index contributed by atoms with van der Waals surface area (Å²) in [7, 11) is 3.82. The Morgan fingerprint density at radius 3 is 2.81 bits per heavy atom. The summed E-state index contributed by atoms with van der Waals surface area (Å²) >= 11 is 1.79. The molecule has 2 N–H and O–H groups in total. The molecule has 16 heavy (non-hydrogen) atoms. The summed E-state index contributed by atoms with van der Waals surface area (Å²) in [5.74, 6) is 1.39. The van der Waals surface area contributed by atoms with Crippen molar-refractivity contribution >= 4 is 23.2 Å². The van der Waals surface area contributed by atoms with E-state index in [1.54, 1.807) is 11.3 Å². The molecule has 2 rings (SSSR count). The molecule has 0 unspecified atom stereocenters. The largest absolute Gasteiger partial charge is 0.350 e. The molecular weight excluding hydrogens is 222 g/mol. The van der Waals surface area contributed by atoms with Crippen LogP contribution in [0.2, 0.25) is 0 Å². The molecule has 0 amide bonds. The van der Waals surface area contributed by atoms with Crippen molar-refractivity contribution in [2.75, 3.05) is 24.3 Å². The van der Waals surface area contributed by atoms with Crippen LogP contribution in [0.25, 0.3) is 0 Å². The van der Waals surface area contributed by atoms with Crippen molar-refractivity contribution in [2.24, 2.45) is 0 Å². The highest BCUT2D eigenvalue weighted by atomic mass is 32.1. The van der Waals surface area contributed by atoms with E-state index in [-0.39, 0.29) is 0 Å². The van der Waals surface area contributed by atoms with E-state index in [0.717, 1.165) is 6.54 Å². The van der Waals surface area contributed by atoms with Gasteiger partial charge in [-0.1, -0.05) is 0 Å². The fourth-order valence-electron chi connectivity index (χ4n) is 1.28. The van der Waals surface area contributed by atoms with E-state index in [0.29, 0.717) is 11.9 Å². The number of aryl methyl sites for hydroxylation is 1. The van der Waals surface area contributed by atoms with Gasteiger partial charge in [-0.15, -0.1) is 16.4 Å². The molecule has 0 bridgehead atoms. The number of nitrogens with zero attached hydrogens (tertiary/aromatic N) is 3. The lowest BCUT2D eigenvalue weighted by molar-refractivity contribution is 0.997. The molecular formula is C10H15N5S. The van der Waals surface area contributed by atoms with Crippen molar-refractivity contribution in [3.05, 3.63) is 21.9 Å². The van der Waals surface area contributed by atoms with Crippen molar-refractivity contribution in [3.63, 3.8) is 0 Å². The molecule has 0 aliphatic carbocycles. The van der Waals surface area contributed by atoms with Crippen molar-refractivity contribution in [2.45, 2.75) is 13.5 Å². The number of aromatic amines is 1. The predicted molar refractivity (Wildman–Crippen MR) is 67.1 cm³/mol. The Bertz CT molecular complexity index is 459. The van der Waals surface area contributed by atoms with E-state index in [9.17, 15) is 0 Å². The predicted octanol–water partition coefficient (Wildman–Crippen LogP) is 1.85. The summed E-state index contributed by atoms with van der Waals surface area (Å²) in [6.45, 7) is 2.88. The molecule has 2 aromatic heterocycles. The Kier molecular flexibility index (Phi) is 3.09. The molecule has 0 aliphatic rings. The zero-order valence-corrected chi connectivity index (χ0v) is 10.4. The first kappa shape index (κ1) is 10.9. The summed E-state index contributed by atoms with van der Waals surface area (Å²) in [6, 6.07) is 4.24. The lowest BCUT2D eigenvalue weighted by Gasteiger charge is -2.03. The van der Waals surface area contributed by atoms with Crippen molar-refractivity contribution in [3.8, 4) is 0 Å². The van der Waals surface area contributed by atoms with Crippen LogP contribution in [0.3, 0.4) is 0 Å². The van der Waals surface area contributed by atoms with Gasteiger partial charge in [0.15, 0.2) is 0 Å². The monoisotopic (exact) mass is 237 g/mol. The second kappa shape index (κ2) is 4.52. The molecule has 0 saturated carbocycles. The molecule has 0 saturated heterocycles. The average Bonchev–Trinajstić information content (AvgIpc) is 2.83. The third-order valence-electron chi connectivity index (χ3n) is 2.10. The van der Waals surface area contributed by atoms with Crippen LogP contribution in [0.1, 0.15) is 9.75 Å². The van der Waals surface area contributed by atoms with Gasteiger partial charge in [0, 0.05) is 23.8 Å². The van der Waals surface area contributed by atoms with Crippen LogP contribution >= 0.6 is 11.3 Å². The van der Waals surface area contributed by atoms with Crippen LogP contribution in [0.15, 0.2) is 12.1 Å².